The first-order valence-electron chi connectivity index (χ1n) is 5.68. The first-order valence-corrected chi connectivity index (χ1v) is 6.87. The Bertz CT molecular complexity index is 527. The van der Waals surface area contributed by atoms with Gasteiger partial charge in [-0.25, -0.2) is 9.97 Å². The van der Waals surface area contributed by atoms with Crippen LogP contribution in [0.15, 0.2) is 18.5 Å². The number of halogens is 1. The van der Waals surface area contributed by atoms with E-state index in [1.54, 1.807) is 17.7 Å². The molecule has 0 aliphatic carbocycles. The van der Waals surface area contributed by atoms with Gasteiger partial charge in [0.05, 0.1) is 4.34 Å². The van der Waals surface area contributed by atoms with Crippen molar-refractivity contribution in [2.24, 2.45) is 0 Å². The maximum absolute atomic E-state index is 5.89. The maximum atomic E-state index is 5.89. The minimum Gasteiger partial charge on any atom is -0.373 e. The van der Waals surface area contributed by atoms with E-state index in [-0.39, 0.29) is 0 Å². The van der Waals surface area contributed by atoms with Crippen molar-refractivity contribution in [3.05, 3.63) is 33.2 Å². The van der Waals surface area contributed by atoms with E-state index in [0.717, 1.165) is 34.5 Å². The highest BCUT2D eigenvalue weighted by Gasteiger charge is 2.05. The fraction of sp³-hybridized carbons (Fsp3) is 0.333. The van der Waals surface area contributed by atoms with Crippen molar-refractivity contribution >= 4 is 34.6 Å². The summed E-state index contributed by atoms with van der Waals surface area (Å²) >= 11 is 7.51. The quantitative estimate of drug-likeness (QED) is 0.884. The topological polar surface area (TPSA) is 49.8 Å². The number of thiophene rings is 1. The van der Waals surface area contributed by atoms with Crippen LogP contribution in [0.1, 0.15) is 10.4 Å². The number of anilines is 2. The third-order valence-corrected chi connectivity index (χ3v) is 3.90. The highest BCUT2D eigenvalue weighted by Crippen LogP contribution is 2.22. The minimum absolute atomic E-state index is 0.831. The lowest BCUT2D eigenvalue weighted by Crippen LogP contribution is -2.09. The number of nitrogens with zero attached hydrogens (tertiary/aromatic N) is 2. The summed E-state index contributed by atoms with van der Waals surface area (Å²) in [4.78, 5) is 9.66. The van der Waals surface area contributed by atoms with Crippen LogP contribution in [0.2, 0.25) is 4.34 Å². The lowest BCUT2D eigenvalue weighted by molar-refractivity contribution is 1.01. The standard InChI is InChI=1S/C12H15ClN4S/c1-8-11(14-2)16-7-17-12(8)15-6-5-9-3-4-10(13)18-9/h3-4,7H,5-6H2,1-2H3,(H2,14,15,16,17). The van der Waals surface area contributed by atoms with Crippen molar-refractivity contribution in [2.45, 2.75) is 13.3 Å². The van der Waals surface area contributed by atoms with Gasteiger partial charge in [0, 0.05) is 24.0 Å². The van der Waals surface area contributed by atoms with Crippen molar-refractivity contribution < 1.29 is 0 Å². The molecular weight excluding hydrogens is 268 g/mol. The van der Waals surface area contributed by atoms with Crippen LogP contribution in [0.3, 0.4) is 0 Å². The number of aromatic nitrogens is 2. The first kappa shape index (κ1) is 13.1. The Labute approximate surface area is 115 Å². The Kier molecular flexibility index (Phi) is 4.38. The molecule has 0 aromatic carbocycles. The monoisotopic (exact) mass is 282 g/mol. The molecule has 0 atom stereocenters. The molecule has 2 aromatic heterocycles. The molecule has 0 radical (unpaired) electrons. The molecule has 0 unspecified atom stereocenters. The van der Waals surface area contributed by atoms with Gasteiger partial charge >= 0.3 is 0 Å². The molecule has 0 spiro atoms. The van der Waals surface area contributed by atoms with Crippen LogP contribution in [0.25, 0.3) is 0 Å². The summed E-state index contributed by atoms with van der Waals surface area (Å²) in [5.74, 6) is 1.73. The highest BCUT2D eigenvalue weighted by molar-refractivity contribution is 7.16. The second kappa shape index (κ2) is 6.02. The van der Waals surface area contributed by atoms with Crippen LogP contribution in [0.4, 0.5) is 11.6 Å². The van der Waals surface area contributed by atoms with Gasteiger partial charge in [-0.2, -0.15) is 0 Å². The van der Waals surface area contributed by atoms with Crippen LogP contribution in [-0.4, -0.2) is 23.6 Å². The van der Waals surface area contributed by atoms with E-state index in [9.17, 15) is 0 Å². The van der Waals surface area contributed by atoms with Gasteiger partial charge in [0.1, 0.15) is 18.0 Å². The molecule has 0 aliphatic heterocycles. The largest absolute Gasteiger partial charge is 0.373 e. The van der Waals surface area contributed by atoms with Gasteiger partial charge in [-0.1, -0.05) is 11.6 Å². The van der Waals surface area contributed by atoms with Gasteiger partial charge in [0.25, 0.3) is 0 Å². The Morgan fingerprint density at radius 1 is 1.28 bits per heavy atom. The zero-order chi connectivity index (χ0) is 13.0. The van der Waals surface area contributed by atoms with E-state index in [2.05, 4.69) is 26.7 Å². The molecule has 2 heterocycles. The zero-order valence-electron chi connectivity index (χ0n) is 10.3. The molecule has 0 aliphatic rings. The number of nitrogens with one attached hydrogen (secondary N) is 2. The Hall–Kier alpha value is -1.33. The molecule has 6 heteroatoms. The van der Waals surface area contributed by atoms with E-state index in [1.807, 2.05) is 20.0 Å². The third-order valence-electron chi connectivity index (χ3n) is 2.61. The molecule has 18 heavy (non-hydrogen) atoms. The molecule has 4 nitrogen and oxygen atoms in total. The minimum atomic E-state index is 0.831. The predicted molar refractivity (Wildman–Crippen MR) is 77.8 cm³/mol. The van der Waals surface area contributed by atoms with Crippen molar-refractivity contribution in [1.29, 1.82) is 0 Å². The SMILES string of the molecule is CNc1ncnc(NCCc2ccc(Cl)s2)c1C. The Balaban J connectivity index is 1.94. The average Bonchev–Trinajstić information content (AvgIpc) is 2.77. The van der Waals surface area contributed by atoms with E-state index in [4.69, 9.17) is 11.6 Å². The van der Waals surface area contributed by atoms with Crippen molar-refractivity contribution in [1.82, 2.24) is 9.97 Å². The zero-order valence-corrected chi connectivity index (χ0v) is 11.9. The summed E-state index contributed by atoms with van der Waals surface area (Å²) in [6.07, 6.45) is 2.50. The second-order valence-corrected chi connectivity index (χ2v) is 5.63. The van der Waals surface area contributed by atoms with Gasteiger partial charge in [-0.05, 0) is 25.5 Å². The summed E-state index contributed by atoms with van der Waals surface area (Å²) in [6, 6.07) is 3.98. The number of rotatable bonds is 5. The van der Waals surface area contributed by atoms with Crippen LogP contribution in [0.5, 0.6) is 0 Å². The van der Waals surface area contributed by atoms with Crippen LogP contribution < -0.4 is 10.6 Å². The second-order valence-electron chi connectivity index (χ2n) is 3.83. The third kappa shape index (κ3) is 3.11. The molecule has 2 rings (SSSR count). The summed E-state index contributed by atoms with van der Waals surface area (Å²) in [5.41, 5.74) is 1.03. The number of hydrogen-bond donors (Lipinski definition) is 2. The lowest BCUT2D eigenvalue weighted by Gasteiger charge is -2.10. The van der Waals surface area contributed by atoms with Crippen LogP contribution >= 0.6 is 22.9 Å². The highest BCUT2D eigenvalue weighted by atomic mass is 35.5. The van der Waals surface area contributed by atoms with E-state index in [1.165, 1.54) is 4.88 Å². The van der Waals surface area contributed by atoms with Crippen LogP contribution in [-0.2, 0) is 6.42 Å². The smallest absolute Gasteiger partial charge is 0.134 e. The fourth-order valence-corrected chi connectivity index (χ4v) is 2.76. The summed E-state index contributed by atoms with van der Waals surface area (Å²) in [7, 11) is 1.85. The predicted octanol–water partition coefficient (Wildman–Crippen LogP) is 3.20. The fourth-order valence-electron chi connectivity index (χ4n) is 1.67. The van der Waals surface area contributed by atoms with E-state index >= 15 is 0 Å². The molecular formula is C12H15ClN4S. The van der Waals surface area contributed by atoms with E-state index < -0.39 is 0 Å². The molecule has 2 N–H and O–H groups in total. The van der Waals surface area contributed by atoms with Gasteiger partial charge in [-0.15, -0.1) is 11.3 Å². The van der Waals surface area contributed by atoms with Gasteiger partial charge < -0.3 is 10.6 Å². The maximum Gasteiger partial charge on any atom is 0.134 e. The summed E-state index contributed by atoms with van der Waals surface area (Å²) in [5, 5.41) is 6.36. The normalized spacial score (nSPS) is 10.4. The van der Waals surface area contributed by atoms with E-state index in [0.29, 0.717) is 0 Å². The van der Waals surface area contributed by atoms with Gasteiger partial charge in [0.2, 0.25) is 0 Å². The molecule has 0 fully saturated rings. The van der Waals surface area contributed by atoms with Crippen molar-refractivity contribution in [3.63, 3.8) is 0 Å². The summed E-state index contributed by atoms with van der Waals surface area (Å²) in [6.45, 7) is 2.83. The molecule has 2 aromatic rings. The molecule has 0 amide bonds. The first-order chi connectivity index (χ1) is 8.70. The van der Waals surface area contributed by atoms with Gasteiger partial charge in [-0.3, -0.25) is 0 Å². The summed E-state index contributed by atoms with van der Waals surface area (Å²) < 4.78 is 0.834. The molecule has 0 saturated heterocycles. The number of hydrogen-bond acceptors (Lipinski definition) is 5. The van der Waals surface area contributed by atoms with Crippen molar-refractivity contribution in [2.75, 3.05) is 24.2 Å². The lowest BCUT2D eigenvalue weighted by atomic mass is 10.3. The van der Waals surface area contributed by atoms with Gasteiger partial charge in [0.15, 0.2) is 0 Å². The molecule has 0 bridgehead atoms. The molecule has 0 saturated carbocycles. The molecule has 96 valence electrons. The average molecular weight is 283 g/mol. The Morgan fingerprint density at radius 3 is 2.72 bits per heavy atom. The van der Waals surface area contributed by atoms with Crippen molar-refractivity contribution in [3.8, 4) is 0 Å². The Morgan fingerprint density at radius 2 is 2.06 bits per heavy atom. The van der Waals surface area contributed by atoms with Crippen LogP contribution in [0, 0.1) is 6.92 Å².